The van der Waals surface area contributed by atoms with Gasteiger partial charge in [-0.1, -0.05) is 41.9 Å². The summed E-state index contributed by atoms with van der Waals surface area (Å²) in [6.07, 6.45) is 0.859. The van der Waals surface area contributed by atoms with Gasteiger partial charge in [-0.05, 0) is 55.9 Å². The number of nitrogens with zero attached hydrogens (tertiary/aromatic N) is 2. The van der Waals surface area contributed by atoms with Crippen LogP contribution in [0, 0.1) is 0 Å². The molecule has 0 aliphatic rings. The van der Waals surface area contributed by atoms with Gasteiger partial charge >= 0.3 is 0 Å². The molecule has 6 heteroatoms. The second kappa shape index (κ2) is 11.0. The Bertz CT molecular complexity index is 1160. The fourth-order valence-electron chi connectivity index (χ4n) is 3.79. The standard InChI is InChI=1S/C25H26ClN2O.2ClH/c1-27(2)13-14-29-20-10-12-24-23(17-20)22(15-18-7-5-4-6-8-18)21-11-9-19(26)16-25(21)28(24)3;;/h4-12,16-17H,13-15H2,1-3H3;2*1H/q+1;;/p-1. The predicted molar refractivity (Wildman–Crippen MR) is 128 cm³/mol. The summed E-state index contributed by atoms with van der Waals surface area (Å²) in [5.74, 6) is 0.905. The Morgan fingerprint density at radius 1 is 0.903 bits per heavy atom. The average molecular weight is 478 g/mol. The maximum absolute atomic E-state index is 6.33. The third kappa shape index (κ3) is 5.61. The molecule has 3 nitrogen and oxygen atoms in total. The molecule has 0 N–H and O–H groups in total. The van der Waals surface area contributed by atoms with E-state index in [-0.39, 0.29) is 24.8 Å². The van der Waals surface area contributed by atoms with Crippen LogP contribution in [0.3, 0.4) is 0 Å². The molecule has 4 aromatic rings. The lowest BCUT2D eigenvalue weighted by Crippen LogP contribution is -3.00. The first-order valence-electron chi connectivity index (χ1n) is 9.88. The van der Waals surface area contributed by atoms with Crippen molar-refractivity contribution in [3.8, 4) is 5.75 Å². The van der Waals surface area contributed by atoms with E-state index in [0.29, 0.717) is 6.61 Å². The highest BCUT2D eigenvalue weighted by molar-refractivity contribution is 6.31. The van der Waals surface area contributed by atoms with Crippen molar-refractivity contribution in [1.82, 2.24) is 4.90 Å². The van der Waals surface area contributed by atoms with Gasteiger partial charge in [0.15, 0.2) is 0 Å². The summed E-state index contributed by atoms with van der Waals surface area (Å²) in [7, 11) is 6.21. The first-order chi connectivity index (χ1) is 14.0. The van der Waals surface area contributed by atoms with Crippen molar-refractivity contribution in [1.29, 1.82) is 0 Å². The molecule has 0 spiro atoms. The van der Waals surface area contributed by atoms with Crippen molar-refractivity contribution >= 4 is 45.8 Å². The summed E-state index contributed by atoms with van der Waals surface area (Å²) < 4.78 is 8.25. The minimum atomic E-state index is 0. The van der Waals surface area contributed by atoms with Crippen LogP contribution in [0.15, 0.2) is 66.7 Å². The van der Waals surface area contributed by atoms with E-state index in [1.54, 1.807) is 0 Å². The minimum Gasteiger partial charge on any atom is -1.00 e. The number of hydrogen-bond donors (Lipinski definition) is 0. The van der Waals surface area contributed by atoms with Crippen LogP contribution >= 0.6 is 24.0 Å². The Morgan fingerprint density at radius 3 is 2.35 bits per heavy atom. The van der Waals surface area contributed by atoms with E-state index in [0.717, 1.165) is 29.3 Å². The van der Waals surface area contributed by atoms with Gasteiger partial charge in [-0.15, -0.1) is 12.4 Å². The molecule has 0 fully saturated rings. The molecule has 0 bridgehead atoms. The Morgan fingerprint density at radius 2 is 1.65 bits per heavy atom. The zero-order valence-electron chi connectivity index (χ0n) is 17.9. The lowest BCUT2D eigenvalue weighted by atomic mass is 9.96. The van der Waals surface area contributed by atoms with Crippen molar-refractivity contribution in [3.63, 3.8) is 0 Å². The van der Waals surface area contributed by atoms with Crippen molar-refractivity contribution in [2.75, 3.05) is 27.2 Å². The van der Waals surface area contributed by atoms with Crippen LogP contribution in [-0.2, 0) is 13.5 Å². The van der Waals surface area contributed by atoms with Crippen molar-refractivity contribution < 1.29 is 21.7 Å². The maximum atomic E-state index is 6.33. The van der Waals surface area contributed by atoms with Crippen molar-refractivity contribution in [2.24, 2.45) is 7.05 Å². The van der Waals surface area contributed by atoms with Crippen LogP contribution in [0.5, 0.6) is 5.75 Å². The molecule has 31 heavy (non-hydrogen) atoms. The molecule has 0 unspecified atom stereocenters. The van der Waals surface area contributed by atoms with Crippen LogP contribution in [0.2, 0.25) is 5.02 Å². The number of halogens is 3. The fourth-order valence-corrected chi connectivity index (χ4v) is 3.95. The number of aryl methyl sites for hydroxylation is 1. The maximum Gasteiger partial charge on any atom is 0.214 e. The van der Waals surface area contributed by atoms with Crippen LogP contribution in [0.25, 0.3) is 21.8 Å². The summed E-state index contributed by atoms with van der Waals surface area (Å²) in [4.78, 5) is 2.12. The van der Waals surface area contributed by atoms with Gasteiger partial charge in [-0.25, -0.2) is 0 Å². The van der Waals surface area contributed by atoms with E-state index in [1.165, 1.54) is 27.4 Å². The van der Waals surface area contributed by atoms with E-state index in [4.69, 9.17) is 16.3 Å². The second-order valence-electron chi connectivity index (χ2n) is 7.69. The molecule has 0 saturated carbocycles. The van der Waals surface area contributed by atoms with Gasteiger partial charge in [0.05, 0.1) is 10.8 Å². The zero-order chi connectivity index (χ0) is 20.4. The molecule has 4 rings (SSSR count). The Hall–Kier alpha value is -2.04. The Labute approximate surface area is 201 Å². The normalized spacial score (nSPS) is 10.7. The number of hydrogen-bond acceptors (Lipinski definition) is 2. The Kier molecular flexibility index (Phi) is 8.96. The van der Waals surface area contributed by atoms with Gasteiger partial charge in [0.25, 0.3) is 0 Å². The third-order valence-electron chi connectivity index (χ3n) is 5.33. The highest BCUT2D eigenvalue weighted by Crippen LogP contribution is 2.31. The average Bonchev–Trinajstić information content (AvgIpc) is 2.71. The van der Waals surface area contributed by atoms with Gasteiger partial charge in [0, 0.05) is 23.7 Å². The van der Waals surface area contributed by atoms with Gasteiger partial charge in [0.2, 0.25) is 11.0 Å². The molecule has 0 atom stereocenters. The highest BCUT2D eigenvalue weighted by Gasteiger charge is 2.19. The SMILES string of the molecule is CN(C)CCOc1ccc2c(c1)c(Cc1ccccc1)c1ccc(Cl)cc1[n+]2C.Cl.[Cl-]. The van der Waals surface area contributed by atoms with E-state index >= 15 is 0 Å². The topological polar surface area (TPSA) is 16.4 Å². The minimum absolute atomic E-state index is 0. The number of aromatic nitrogens is 1. The van der Waals surface area contributed by atoms with Crippen LogP contribution in [-0.4, -0.2) is 32.1 Å². The Balaban J connectivity index is 0.00000171. The van der Waals surface area contributed by atoms with Crippen molar-refractivity contribution in [3.05, 3.63) is 82.9 Å². The van der Waals surface area contributed by atoms with Gasteiger partial charge in [-0.3, -0.25) is 0 Å². The molecule has 0 amide bonds. The van der Waals surface area contributed by atoms with E-state index < -0.39 is 0 Å². The van der Waals surface area contributed by atoms with Gasteiger partial charge in [0.1, 0.15) is 19.4 Å². The smallest absolute Gasteiger partial charge is 0.214 e. The predicted octanol–water partition coefficient (Wildman–Crippen LogP) is 2.43. The van der Waals surface area contributed by atoms with E-state index in [1.807, 2.05) is 12.1 Å². The van der Waals surface area contributed by atoms with Crippen molar-refractivity contribution in [2.45, 2.75) is 6.42 Å². The summed E-state index contributed by atoms with van der Waals surface area (Å²) in [6, 6.07) is 23.1. The zero-order valence-corrected chi connectivity index (χ0v) is 20.3. The summed E-state index contributed by atoms with van der Waals surface area (Å²) in [5.41, 5.74) is 4.90. The summed E-state index contributed by atoms with van der Waals surface area (Å²) >= 11 is 6.33. The van der Waals surface area contributed by atoms with Crippen LogP contribution in [0.1, 0.15) is 11.1 Å². The van der Waals surface area contributed by atoms with Gasteiger partial charge < -0.3 is 22.0 Å². The lowest BCUT2D eigenvalue weighted by molar-refractivity contribution is -0.617. The monoisotopic (exact) mass is 476 g/mol. The molecular formula is C25H27Cl3N2O. The molecule has 1 aromatic heterocycles. The van der Waals surface area contributed by atoms with Crippen LogP contribution in [0.4, 0.5) is 0 Å². The number of pyridine rings is 1. The molecule has 3 aromatic carbocycles. The lowest BCUT2D eigenvalue weighted by Gasteiger charge is -2.14. The number of rotatable bonds is 6. The largest absolute Gasteiger partial charge is 1.00 e. The second-order valence-corrected chi connectivity index (χ2v) is 8.13. The van der Waals surface area contributed by atoms with Gasteiger partial charge in [-0.2, -0.15) is 4.57 Å². The first-order valence-corrected chi connectivity index (χ1v) is 10.3. The quantitative estimate of drug-likeness (QED) is 0.313. The fraction of sp³-hybridized carbons (Fsp3) is 0.240. The number of ether oxygens (including phenoxy) is 1. The van der Waals surface area contributed by atoms with Crippen LogP contribution < -0.4 is 21.7 Å². The number of benzene rings is 3. The molecule has 0 aliphatic heterocycles. The van der Waals surface area contributed by atoms with E-state index in [9.17, 15) is 0 Å². The molecule has 1 heterocycles. The van der Waals surface area contributed by atoms with E-state index in [2.05, 4.69) is 85.2 Å². The summed E-state index contributed by atoms with van der Waals surface area (Å²) in [6.45, 7) is 1.56. The first kappa shape index (κ1) is 25.2. The molecule has 0 aliphatic carbocycles. The third-order valence-corrected chi connectivity index (χ3v) is 5.57. The molecule has 164 valence electrons. The number of fused-ring (bicyclic) bond motifs is 2. The molecular weight excluding hydrogens is 451 g/mol. The summed E-state index contributed by atoms with van der Waals surface area (Å²) in [5, 5.41) is 3.19. The molecule has 0 saturated heterocycles. The molecule has 0 radical (unpaired) electrons. The number of likely N-dealkylation sites (N-methyl/N-ethyl adjacent to an activating group) is 1. The highest BCUT2D eigenvalue weighted by atomic mass is 35.5.